The highest BCUT2D eigenvalue weighted by Crippen LogP contribution is 2.27. The van der Waals surface area contributed by atoms with Gasteiger partial charge in [-0.25, -0.2) is 4.98 Å². The monoisotopic (exact) mass is 327 g/mol. The van der Waals surface area contributed by atoms with Crippen LogP contribution in [0.15, 0.2) is 30.0 Å². The van der Waals surface area contributed by atoms with E-state index in [1.165, 1.54) is 0 Å². The minimum atomic E-state index is 0.224. The molecule has 24 heavy (non-hydrogen) atoms. The van der Waals surface area contributed by atoms with Crippen LogP contribution in [0.3, 0.4) is 0 Å². The van der Waals surface area contributed by atoms with Gasteiger partial charge in [0.05, 0.1) is 23.2 Å². The van der Waals surface area contributed by atoms with Gasteiger partial charge in [-0.15, -0.1) is 0 Å². The minimum absolute atomic E-state index is 0.224. The van der Waals surface area contributed by atoms with Crippen molar-refractivity contribution in [1.29, 1.82) is 5.41 Å². The molecule has 6 nitrogen and oxygen atoms in total. The topological polar surface area (TPSA) is 79.2 Å². The number of para-hydroxylation sites is 2. The molecule has 3 rings (SSSR count). The van der Waals surface area contributed by atoms with E-state index in [1.807, 2.05) is 29.2 Å². The SMILES string of the molecule is CCN(CC)CCCN1CC(O)=C(c2nc3ccccc3[nH]2)C1=N. The predicted molar refractivity (Wildman–Crippen MR) is 97.3 cm³/mol. The summed E-state index contributed by atoms with van der Waals surface area (Å²) in [6.07, 6.45) is 0.977. The van der Waals surface area contributed by atoms with Crippen LogP contribution in [0.25, 0.3) is 16.6 Å². The Labute approximate surface area is 142 Å². The van der Waals surface area contributed by atoms with Crippen molar-refractivity contribution in [2.75, 3.05) is 32.7 Å². The van der Waals surface area contributed by atoms with E-state index in [1.54, 1.807) is 0 Å². The van der Waals surface area contributed by atoms with E-state index in [0.717, 1.165) is 43.6 Å². The predicted octanol–water partition coefficient (Wildman–Crippen LogP) is 2.86. The highest BCUT2D eigenvalue weighted by atomic mass is 16.3. The first kappa shape index (κ1) is 16.5. The van der Waals surface area contributed by atoms with E-state index in [-0.39, 0.29) is 5.76 Å². The van der Waals surface area contributed by atoms with Gasteiger partial charge < -0.3 is 19.9 Å². The summed E-state index contributed by atoms with van der Waals surface area (Å²) in [5, 5.41) is 18.8. The van der Waals surface area contributed by atoms with E-state index < -0.39 is 0 Å². The molecule has 2 heterocycles. The lowest BCUT2D eigenvalue weighted by Gasteiger charge is -2.22. The van der Waals surface area contributed by atoms with Crippen LogP contribution in [0.2, 0.25) is 0 Å². The molecule has 0 amide bonds. The van der Waals surface area contributed by atoms with Gasteiger partial charge in [-0.1, -0.05) is 26.0 Å². The Kier molecular flexibility index (Phi) is 4.85. The zero-order valence-electron chi connectivity index (χ0n) is 14.3. The number of benzene rings is 1. The van der Waals surface area contributed by atoms with E-state index in [4.69, 9.17) is 5.41 Å². The molecule has 0 spiro atoms. The molecule has 128 valence electrons. The molecule has 0 radical (unpaired) electrons. The maximum Gasteiger partial charge on any atom is 0.145 e. The molecule has 1 aliphatic rings. The summed E-state index contributed by atoms with van der Waals surface area (Å²) < 4.78 is 0. The smallest absolute Gasteiger partial charge is 0.145 e. The number of rotatable bonds is 7. The summed E-state index contributed by atoms with van der Waals surface area (Å²) in [4.78, 5) is 12.0. The quantitative estimate of drug-likeness (QED) is 0.730. The highest BCUT2D eigenvalue weighted by Gasteiger charge is 2.29. The number of H-pyrrole nitrogens is 1. The Morgan fingerprint density at radius 2 is 2.04 bits per heavy atom. The van der Waals surface area contributed by atoms with Crippen LogP contribution < -0.4 is 0 Å². The van der Waals surface area contributed by atoms with Crippen LogP contribution >= 0.6 is 0 Å². The minimum Gasteiger partial charge on any atom is -0.510 e. The fourth-order valence-electron chi connectivity index (χ4n) is 3.17. The fraction of sp³-hybridized carbons (Fsp3) is 0.444. The molecular formula is C18H25N5O. The van der Waals surface area contributed by atoms with E-state index in [2.05, 4.69) is 28.7 Å². The van der Waals surface area contributed by atoms with Gasteiger partial charge in [0, 0.05) is 6.54 Å². The van der Waals surface area contributed by atoms with Crippen molar-refractivity contribution >= 4 is 22.4 Å². The molecular weight excluding hydrogens is 302 g/mol. The normalized spacial score (nSPS) is 15.3. The Bertz CT molecular complexity index is 727. The lowest BCUT2D eigenvalue weighted by molar-refractivity contribution is 0.279. The van der Waals surface area contributed by atoms with Gasteiger partial charge in [-0.3, -0.25) is 5.41 Å². The van der Waals surface area contributed by atoms with Gasteiger partial charge in [0.25, 0.3) is 0 Å². The number of amidine groups is 1. The number of imidazole rings is 1. The second-order valence-corrected chi connectivity index (χ2v) is 6.07. The van der Waals surface area contributed by atoms with E-state index >= 15 is 0 Å². The average molecular weight is 327 g/mol. The largest absolute Gasteiger partial charge is 0.510 e. The zero-order valence-corrected chi connectivity index (χ0v) is 14.3. The number of nitrogens with zero attached hydrogens (tertiary/aromatic N) is 3. The van der Waals surface area contributed by atoms with Crippen molar-refractivity contribution in [3.05, 3.63) is 35.8 Å². The molecule has 6 heteroatoms. The van der Waals surface area contributed by atoms with Crippen molar-refractivity contribution in [1.82, 2.24) is 19.8 Å². The van der Waals surface area contributed by atoms with E-state index in [9.17, 15) is 5.11 Å². The van der Waals surface area contributed by atoms with E-state index in [0.29, 0.717) is 23.8 Å². The molecule has 3 N–H and O–H groups in total. The Morgan fingerprint density at radius 1 is 1.29 bits per heavy atom. The first-order valence-electron chi connectivity index (χ1n) is 8.57. The molecule has 0 bridgehead atoms. The fourth-order valence-corrected chi connectivity index (χ4v) is 3.17. The summed E-state index contributed by atoms with van der Waals surface area (Å²) >= 11 is 0. The average Bonchev–Trinajstić information content (AvgIpc) is 3.12. The number of aliphatic hydroxyl groups is 1. The molecule has 0 saturated heterocycles. The summed E-state index contributed by atoms with van der Waals surface area (Å²) in [6.45, 7) is 8.58. The van der Waals surface area contributed by atoms with Gasteiger partial charge in [0.1, 0.15) is 17.4 Å². The summed E-state index contributed by atoms with van der Waals surface area (Å²) in [6, 6.07) is 7.75. The van der Waals surface area contributed by atoms with Gasteiger partial charge in [-0.05, 0) is 38.2 Å². The zero-order chi connectivity index (χ0) is 17.1. The number of hydrogen-bond donors (Lipinski definition) is 3. The summed E-state index contributed by atoms with van der Waals surface area (Å²) in [5.74, 6) is 1.15. The molecule has 1 aromatic carbocycles. The van der Waals surface area contributed by atoms with Crippen molar-refractivity contribution in [2.45, 2.75) is 20.3 Å². The summed E-state index contributed by atoms with van der Waals surface area (Å²) in [7, 11) is 0. The van der Waals surface area contributed by atoms with Crippen LogP contribution in [-0.2, 0) is 0 Å². The third kappa shape index (κ3) is 3.14. The standard InChI is InChI=1S/C18H25N5O/c1-3-22(4-2)10-7-11-23-12-15(24)16(17(23)19)18-20-13-8-5-6-9-14(13)21-18/h5-6,8-9,19,24H,3-4,7,10-12H2,1-2H3,(H,20,21). The van der Waals surface area contributed by atoms with Gasteiger partial charge in [0.2, 0.25) is 0 Å². The maximum absolute atomic E-state index is 10.3. The Morgan fingerprint density at radius 3 is 2.75 bits per heavy atom. The number of aromatic nitrogens is 2. The Hall–Kier alpha value is -2.34. The lowest BCUT2D eigenvalue weighted by atomic mass is 10.2. The molecule has 0 saturated carbocycles. The number of aromatic amines is 1. The number of hydrogen-bond acceptors (Lipinski definition) is 4. The number of aliphatic hydroxyl groups excluding tert-OH is 1. The van der Waals surface area contributed by atoms with Gasteiger partial charge >= 0.3 is 0 Å². The third-order valence-corrected chi connectivity index (χ3v) is 4.61. The Balaban J connectivity index is 1.69. The molecule has 1 aliphatic heterocycles. The van der Waals surface area contributed by atoms with Crippen LogP contribution in [0.4, 0.5) is 0 Å². The number of nitrogens with one attached hydrogen (secondary N) is 2. The molecule has 0 aliphatic carbocycles. The van der Waals surface area contributed by atoms with Gasteiger partial charge in [-0.2, -0.15) is 0 Å². The van der Waals surface area contributed by atoms with Crippen LogP contribution in [0.5, 0.6) is 0 Å². The number of fused-ring (bicyclic) bond motifs is 1. The van der Waals surface area contributed by atoms with Crippen LogP contribution in [-0.4, -0.2) is 63.4 Å². The second-order valence-electron chi connectivity index (χ2n) is 6.07. The third-order valence-electron chi connectivity index (χ3n) is 4.61. The lowest BCUT2D eigenvalue weighted by Crippen LogP contribution is -2.31. The molecule has 1 aromatic heterocycles. The second kappa shape index (κ2) is 7.05. The molecule has 0 fully saturated rings. The van der Waals surface area contributed by atoms with Crippen molar-refractivity contribution in [3.8, 4) is 0 Å². The van der Waals surface area contributed by atoms with Crippen molar-refractivity contribution in [2.24, 2.45) is 0 Å². The molecule has 0 atom stereocenters. The van der Waals surface area contributed by atoms with Crippen molar-refractivity contribution < 1.29 is 5.11 Å². The first-order valence-corrected chi connectivity index (χ1v) is 8.57. The molecule has 0 unspecified atom stereocenters. The van der Waals surface area contributed by atoms with Crippen LogP contribution in [0.1, 0.15) is 26.1 Å². The van der Waals surface area contributed by atoms with Crippen LogP contribution in [0, 0.1) is 5.41 Å². The highest BCUT2D eigenvalue weighted by molar-refractivity contribution is 6.23. The van der Waals surface area contributed by atoms with Gasteiger partial charge in [0.15, 0.2) is 0 Å². The maximum atomic E-state index is 10.3. The molecule has 2 aromatic rings. The van der Waals surface area contributed by atoms with Crippen molar-refractivity contribution in [3.63, 3.8) is 0 Å². The first-order chi connectivity index (χ1) is 11.6. The summed E-state index contributed by atoms with van der Waals surface area (Å²) in [5.41, 5.74) is 2.29.